The monoisotopic (exact) mass is 223 g/mol. The van der Waals surface area contributed by atoms with Crippen molar-refractivity contribution in [1.29, 1.82) is 0 Å². The zero-order valence-electron chi connectivity index (χ0n) is 8.61. The molecule has 0 atom stereocenters. The first-order valence-electron chi connectivity index (χ1n) is 4.90. The fourth-order valence-electron chi connectivity index (χ4n) is 1.46. The van der Waals surface area contributed by atoms with E-state index in [-0.39, 0.29) is 19.1 Å². The van der Waals surface area contributed by atoms with E-state index < -0.39 is 0 Å². The third-order valence-electron chi connectivity index (χ3n) is 2.41. The van der Waals surface area contributed by atoms with Crippen LogP contribution in [0.25, 0.3) is 11.0 Å². The highest BCUT2D eigenvalue weighted by atomic mass is 16.3. The van der Waals surface area contributed by atoms with Gasteiger partial charge in [-0.2, -0.15) is 5.10 Å². The molecule has 16 heavy (non-hydrogen) atoms. The predicted molar refractivity (Wildman–Crippen MR) is 57.4 cm³/mol. The van der Waals surface area contributed by atoms with E-state index >= 15 is 0 Å². The van der Waals surface area contributed by atoms with Crippen LogP contribution in [0, 0.1) is 5.92 Å². The van der Waals surface area contributed by atoms with Gasteiger partial charge in [0, 0.05) is 19.1 Å². The summed E-state index contributed by atoms with van der Waals surface area (Å²) >= 11 is 0. The Morgan fingerprint density at radius 3 is 2.75 bits per heavy atom. The van der Waals surface area contributed by atoms with E-state index in [4.69, 9.17) is 15.9 Å². The number of aliphatic hydroxyl groups is 2. The van der Waals surface area contributed by atoms with Crippen LogP contribution in [-0.4, -0.2) is 43.2 Å². The number of nitrogens with zero attached hydrogens (tertiary/aromatic N) is 4. The van der Waals surface area contributed by atoms with Crippen molar-refractivity contribution in [3.8, 4) is 0 Å². The summed E-state index contributed by atoms with van der Waals surface area (Å²) in [5.74, 6) is 0.125. The Bertz CT molecular complexity index is 480. The summed E-state index contributed by atoms with van der Waals surface area (Å²) in [4.78, 5) is 7.92. The first-order valence-corrected chi connectivity index (χ1v) is 4.90. The van der Waals surface area contributed by atoms with Crippen molar-refractivity contribution in [2.45, 2.75) is 6.54 Å². The number of anilines is 1. The molecule has 0 radical (unpaired) electrons. The van der Waals surface area contributed by atoms with Gasteiger partial charge in [-0.25, -0.2) is 14.6 Å². The van der Waals surface area contributed by atoms with Crippen LogP contribution in [0.5, 0.6) is 0 Å². The maximum atomic E-state index is 8.99. The van der Waals surface area contributed by atoms with E-state index in [0.29, 0.717) is 23.4 Å². The second-order valence-corrected chi connectivity index (χ2v) is 3.55. The first kappa shape index (κ1) is 10.8. The highest BCUT2D eigenvalue weighted by molar-refractivity contribution is 5.84. The normalized spacial score (nSPS) is 11.4. The predicted octanol–water partition coefficient (Wildman–Crippen LogP) is -0.991. The minimum Gasteiger partial charge on any atom is -0.396 e. The van der Waals surface area contributed by atoms with Gasteiger partial charge in [0.2, 0.25) is 0 Å². The quantitative estimate of drug-likeness (QED) is 0.613. The number of hydrogen-bond acceptors (Lipinski definition) is 6. The summed E-state index contributed by atoms with van der Waals surface area (Å²) < 4.78 is 1.60. The summed E-state index contributed by atoms with van der Waals surface area (Å²) in [5.41, 5.74) is 6.27. The molecule has 7 heteroatoms. The standard InChI is InChI=1S/C9H13N5O2/c10-8-7-1-13-14(2-6(3-15)4-16)9(7)12-5-11-8/h1,5-6,15-16H,2-4H2,(H2,10,11,12). The molecule has 0 aliphatic carbocycles. The summed E-state index contributed by atoms with van der Waals surface area (Å²) in [7, 11) is 0. The number of fused-ring (bicyclic) bond motifs is 1. The third kappa shape index (κ3) is 1.82. The molecule has 2 rings (SSSR count). The highest BCUT2D eigenvalue weighted by Crippen LogP contribution is 2.16. The number of rotatable bonds is 4. The molecule has 7 nitrogen and oxygen atoms in total. The number of nitrogens with two attached hydrogens (primary N) is 1. The Hall–Kier alpha value is -1.73. The van der Waals surface area contributed by atoms with Gasteiger partial charge in [0.1, 0.15) is 12.1 Å². The number of aliphatic hydroxyl groups excluding tert-OH is 2. The maximum Gasteiger partial charge on any atom is 0.163 e. The van der Waals surface area contributed by atoms with Gasteiger partial charge >= 0.3 is 0 Å². The zero-order valence-corrected chi connectivity index (χ0v) is 8.61. The van der Waals surface area contributed by atoms with Crippen molar-refractivity contribution in [1.82, 2.24) is 19.7 Å². The molecule has 0 aromatic carbocycles. The van der Waals surface area contributed by atoms with Gasteiger partial charge in [0.15, 0.2) is 5.65 Å². The molecule has 0 amide bonds. The molecule has 0 aliphatic heterocycles. The topological polar surface area (TPSA) is 110 Å². The lowest BCUT2D eigenvalue weighted by Gasteiger charge is -2.10. The second-order valence-electron chi connectivity index (χ2n) is 3.55. The lowest BCUT2D eigenvalue weighted by atomic mass is 10.2. The lowest BCUT2D eigenvalue weighted by molar-refractivity contribution is 0.135. The van der Waals surface area contributed by atoms with Crippen molar-refractivity contribution in [3.63, 3.8) is 0 Å². The SMILES string of the molecule is Nc1ncnc2c1cnn2CC(CO)CO. The Labute approximate surface area is 91.5 Å². The van der Waals surface area contributed by atoms with E-state index in [1.807, 2.05) is 0 Å². The molecule has 2 aromatic heterocycles. The van der Waals surface area contributed by atoms with E-state index in [0.717, 1.165) is 0 Å². The van der Waals surface area contributed by atoms with Crippen molar-refractivity contribution < 1.29 is 10.2 Å². The molecule has 2 heterocycles. The van der Waals surface area contributed by atoms with Crippen LogP contribution in [0.4, 0.5) is 5.82 Å². The van der Waals surface area contributed by atoms with Gasteiger partial charge in [-0.05, 0) is 0 Å². The molecule has 0 spiro atoms. The molecule has 0 fully saturated rings. The van der Waals surface area contributed by atoms with Crippen LogP contribution in [0.1, 0.15) is 0 Å². The average molecular weight is 223 g/mol. The fraction of sp³-hybridized carbons (Fsp3) is 0.444. The molecule has 86 valence electrons. The minimum atomic E-state index is -0.251. The van der Waals surface area contributed by atoms with Gasteiger partial charge in [0.05, 0.1) is 18.1 Å². The van der Waals surface area contributed by atoms with E-state index in [1.165, 1.54) is 6.33 Å². The summed E-state index contributed by atoms with van der Waals surface area (Å²) in [6, 6.07) is 0. The van der Waals surface area contributed by atoms with Gasteiger partial charge in [0.25, 0.3) is 0 Å². The molecule has 0 aliphatic rings. The maximum absolute atomic E-state index is 8.99. The number of aromatic nitrogens is 4. The van der Waals surface area contributed by atoms with E-state index in [2.05, 4.69) is 15.1 Å². The second kappa shape index (κ2) is 4.42. The molecule has 0 bridgehead atoms. The van der Waals surface area contributed by atoms with Gasteiger partial charge in [-0.3, -0.25) is 0 Å². The smallest absolute Gasteiger partial charge is 0.163 e. The Morgan fingerprint density at radius 1 is 1.31 bits per heavy atom. The number of hydrogen-bond donors (Lipinski definition) is 3. The van der Waals surface area contributed by atoms with Crippen molar-refractivity contribution in [2.24, 2.45) is 5.92 Å². The average Bonchev–Trinajstić information content (AvgIpc) is 2.71. The van der Waals surface area contributed by atoms with Crippen molar-refractivity contribution in [2.75, 3.05) is 18.9 Å². The van der Waals surface area contributed by atoms with Crippen LogP contribution in [0.15, 0.2) is 12.5 Å². The molecule has 0 saturated carbocycles. The molecule has 0 saturated heterocycles. The molecular weight excluding hydrogens is 210 g/mol. The highest BCUT2D eigenvalue weighted by Gasteiger charge is 2.12. The number of nitrogen functional groups attached to an aromatic ring is 1. The van der Waals surface area contributed by atoms with Gasteiger partial charge in [-0.1, -0.05) is 0 Å². The summed E-state index contributed by atoms with van der Waals surface area (Å²) in [6.07, 6.45) is 2.94. The minimum absolute atomic E-state index is 0.0988. The van der Waals surface area contributed by atoms with Crippen LogP contribution in [-0.2, 0) is 6.54 Å². The largest absolute Gasteiger partial charge is 0.396 e. The summed E-state index contributed by atoms with van der Waals surface area (Å²) in [5, 5.41) is 22.8. The fourth-order valence-corrected chi connectivity index (χ4v) is 1.46. The Kier molecular flexibility index (Phi) is 2.97. The third-order valence-corrected chi connectivity index (χ3v) is 2.41. The van der Waals surface area contributed by atoms with Crippen LogP contribution in [0.3, 0.4) is 0 Å². The van der Waals surface area contributed by atoms with E-state index in [1.54, 1.807) is 10.9 Å². The van der Waals surface area contributed by atoms with Gasteiger partial charge in [-0.15, -0.1) is 0 Å². The van der Waals surface area contributed by atoms with Crippen molar-refractivity contribution in [3.05, 3.63) is 12.5 Å². The molecule has 0 unspecified atom stereocenters. The van der Waals surface area contributed by atoms with Crippen LogP contribution >= 0.6 is 0 Å². The Balaban J connectivity index is 2.35. The first-order chi connectivity index (χ1) is 7.76. The van der Waals surface area contributed by atoms with E-state index in [9.17, 15) is 0 Å². The van der Waals surface area contributed by atoms with Crippen molar-refractivity contribution >= 4 is 16.9 Å². The lowest BCUT2D eigenvalue weighted by Crippen LogP contribution is -2.19. The van der Waals surface area contributed by atoms with Gasteiger partial charge < -0.3 is 15.9 Å². The molecular formula is C9H13N5O2. The van der Waals surface area contributed by atoms with Crippen LogP contribution in [0.2, 0.25) is 0 Å². The molecule has 4 N–H and O–H groups in total. The summed E-state index contributed by atoms with van der Waals surface area (Å²) in [6.45, 7) is 0.198. The zero-order chi connectivity index (χ0) is 11.5. The Morgan fingerprint density at radius 2 is 2.06 bits per heavy atom. The molecule has 2 aromatic rings. The van der Waals surface area contributed by atoms with Crippen LogP contribution < -0.4 is 5.73 Å².